The Hall–Kier alpha value is -2.00. The molecule has 0 aromatic heterocycles. The highest BCUT2D eigenvalue weighted by Crippen LogP contribution is 2.27. The molecule has 1 aromatic rings. The van der Waals surface area contributed by atoms with Crippen LogP contribution in [0, 0.1) is 0 Å². The van der Waals surface area contributed by atoms with Crippen molar-refractivity contribution in [2.24, 2.45) is 0 Å². The highest BCUT2D eigenvalue weighted by atomic mass is 32.2. The second-order valence-electron chi connectivity index (χ2n) is 5.07. The van der Waals surface area contributed by atoms with Gasteiger partial charge in [-0.3, -0.25) is 4.55 Å². The smallest absolute Gasteiger partial charge is 0.407 e. The number of nitrogens with one attached hydrogen (secondary N) is 1. The van der Waals surface area contributed by atoms with Gasteiger partial charge in [0.1, 0.15) is 0 Å². The van der Waals surface area contributed by atoms with Crippen LogP contribution in [0.4, 0.5) is 16.2 Å². The summed E-state index contributed by atoms with van der Waals surface area (Å²) in [6, 6.07) is 6.15. The van der Waals surface area contributed by atoms with Gasteiger partial charge in [0.2, 0.25) is 0 Å². The van der Waals surface area contributed by atoms with Crippen LogP contribution in [0.15, 0.2) is 24.3 Å². The van der Waals surface area contributed by atoms with Crippen molar-refractivity contribution in [2.45, 2.75) is 18.9 Å². The number of nitrogens with zero attached hydrogens (tertiary/aromatic N) is 2. The molecule has 2 rings (SSSR count). The number of carbonyl (C=O) groups is 1. The zero-order chi connectivity index (χ0) is 16.3. The molecule has 1 aliphatic rings. The summed E-state index contributed by atoms with van der Waals surface area (Å²) >= 11 is 0. The summed E-state index contributed by atoms with van der Waals surface area (Å²) < 4.78 is 34.0. The first-order valence-electron chi connectivity index (χ1n) is 6.85. The maximum Gasteiger partial charge on any atom is 0.407 e. The Morgan fingerprint density at radius 3 is 2.23 bits per heavy atom. The van der Waals surface area contributed by atoms with Gasteiger partial charge in [-0.2, -0.15) is 8.42 Å². The highest BCUT2D eigenvalue weighted by molar-refractivity contribution is 7.87. The number of benzene rings is 1. The summed E-state index contributed by atoms with van der Waals surface area (Å²) in [5.41, 5.74) is 1.18. The molecule has 9 heteroatoms. The minimum Gasteiger partial charge on any atom is -0.465 e. The fourth-order valence-electron chi connectivity index (χ4n) is 2.60. The molecule has 1 amide bonds. The van der Waals surface area contributed by atoms with Crippen molar-refractivity contribution in [2.75, 3.05) is 29.8 Å². The third-order valence-electron chi connectivity index (χ3n) is 3.73. The molecule has 0 radical (unpaired) electrons. The summed E-state index contributed by atoms with van der Waals surface area (Å²) in [6.45, 7) is 0.473. The molecule has 0 unspecified atom stereocenters. The SMILES string of the molecule is CNc1ccc(N(C2CCN(C(=O)O)CC2)S(=O)(=O)O)cc1. The van der Waals surface area contributed by atoms with E-state index in [0.29, 0.717) is 18.5 Å². The molecule has 0 bridgehead atoms. The van der Waals surface area contributed by atoms with Crippen molar-refractivity contribution in [3.8, 4) is 0 Å². The van der Waals surface area contributed by atoms with E-state index in [2.05, 4.69) is 5.32 Å². The lowest BCUT2D eigenvalue weighted by Gasteiger charge is -2.36. The van der Waals surface area contributed by atoms with E-state index >= 15 is 0 Å². The lowest BCUT2D eigenvalue weighted by molar-refractivity contribution is 0.132. The van der Waals surface area contributed by atoms with Crippen molar-refractivity contribution >= 4 is 27.8 Å². The van der Waals surface area contributed by atoms with Crippen LogP contribution < -0.4 is 9.62 Å². The maximum absolute atomic E-state index is 11.7. The van der Waals surface area contributed by atoms with Crippen LogP contribution in [-0.4, -0.2) is 55.2 Å². The van der Waals surface area contributed by atoms with E-state index in [-0.39, 0.29) is 13.1 Å². The standard InChI is InChI=1S/C13H19N3O5S/c1-14-10-2-4-11(5-3-10)16(22(19,20)21)12-6-8-15(9-7-12)13(17)18/h2-5,12,14H,6-9H2,1H3,(H,17,18)(H,19,20,21). The van der Waals surface area contributed by atoms with Gasteiger partial charge in [-0.25, -0.2) is 9.10 Å². The lowest BCUT2D eigenvalue weighted by Crippen LogP contribution is -2.48. The van der Waals surface area contributed by atoms with E-state index in [4.69, 9.17) is 5.11 Å². The molecule has 1 heterocycles. The van der Waals surface area contributed by atoms with E-state index in [1.165, 1.54) is 4.90 Å². The molecule has 1 aromatic carbocycles. The van der Waals surface area contributed by atoms with E-state index in [9.17, 15) is 17.8 Å². The van der Waals surface area contributed by atoms with Crippen molar-refractivity contribution in [1.82, 2.24) is 4.90 Å². The summed E-state index contributed by atoms with van der Waals surface area (Å²) in [7, 11) is -2.68. The van der Waals surface area contributed by atoms with Gasteiger partial charge < -0.3 is 15.3 Å². The van der Waals surface area contributed by atoms with Gasteiger partial charge in [-0.15, -0.1) is 0 Å². The molecule has 1 fully saturated rings. The number of anilines is 2. The predicted molar refractivity (Wildman–Crippen MR) is 82.6 cm³/mol. The summed E-state index contributed by atoms with van der Waals surface area (Å²) in [4.78, 5) is 12.1. The largest absolute Gasteiger partial charge is 0.465 e. The molecule has 22 heavy (non-hydrogen) atoms. The third kappa shape index (κ3) is 3.60. The Kier molecular flexibility index (Phi) is 4.77. The molecule has 1 saturated heterocycles. The monoisotopic (exact) mass is 329 g/mol. The lowest BCUT2D eigenvalue weighted by atomic mass is 10.0. The summed E-state index contributed by atoms with van der Waals surface area (Å²) in [6.07, 6.45) is -0.352. The molecular formula is C13H19N3O5S. The Labute approximate surface area is 129 Å². The van der Waals surface area contributed by atoms with Crippen LogP contribution in [0.2, 0.25) is 0 Å². The van der Waals surface area contributed by atoms with Gasteiger partial charge in [-0.05, 0) is 37.1 Å². The number of hydrogen-bond donors (Lipinski definition) is 3. The van der Waals surface area contributed by atoms with Crippen LogP contribution >= 0.6 is 0 Å². The Morgan fingerprint density at radius 1 is 1.27 bits per heavy atom. The number of amides is 1. The van der Waals surface area contributed by atoms with Gasteiger partial charge >= 0.3 is 16.4 Å². The Morgan fingerprint density at radius 2 is 1.82 bits per heavy atom. The van der Waals surface area contributed by atoms with Crippen LogP contribution in [0.25, 0.3) is 0 Å². The minimum atomic E-state index is -4.43. The van der Waals surface area contributed by atoms with Crippen molar-refractivity contribution in [3.05, 3.63) is 24.3 Å². The van der Waals surface area contributed by atoms with Crippen molar-refractivity contribution < 1.29 is 22.9 Å². The Balaban J connectivity index is 2.22. The number of rotatable bonds is 4. The molecule has 0 saturated carbocycles. The average Bonchev–Trinajstić information content (AvgIpc) is 2.47. The maximum atomic E-state index is 11.7. The number of piperidine rings is 1. The van der Waals surface area contributed by atoms with E-state index in [1.807, 2.05) is 0 Å². The fourth-order valence-corrected chi connectivity index (χ4v) is 3.57. The van der Waals surface area contributed by atoms with Crippen LogP contribution in [-0.2, 0) is 10.3 Å². The van der Waals surface area contributed by atoms with Gasteiger partial charge in [0.05, 0.1) is 11.7 Å². The second-order valence-corrected chi connectivity index (χ2v) is 6.36. The molecule has 0 atom stereocenters. The topological polar surface area (TPSA) is 110 Å². The quantitative estimate of drug-likeness (QED) is 0.722. The molecule has 8 nitrogen and oxygen atoms in total. The minimum absolute atomic E-state index is 0.237. The van der Waals surface area contributed by atoms with Gasteiger partial charge in [0.15, 0.2) is 0 Å². The van der Waals surface area contributed by atoms with Gasteiger partial charge in [-0.1, -0.05) is 0 Å². The molecule has 0 spiro atoms. The van der Waals surface area contributed by atoms with E-state index in [0.717, 1.165) is 9.99 Å². The fraction of sp³-hybridized carbons (Fsp3) is 0.462. The first-order chi connectivity index (χ1) is 10.3. The van der Waals surface area contributed by atoms with Gasteiger partial charge in [0.25, 0.3) is 0 Å². The van der Waals surface area contributed by atoms with Crippen molar-refractivity contribution in [3.63, 3.8) is 0 Å². The zero-order valence-corrected chi connectivity index (χ0v) is 13.0. The molecule has 122 valence electrons. The van der Waals surface area contributed by atoms with Crippen molar-refractivity contribution in [1.29, 1.82) is 0 Å². The summed E-state index contributed by atoms with van der Waals surface area (Å²) in [5, 5.41) is 11.9. The second kappa shape index (κ2) is 6.41. The van der Waals surface area contributed by atoms with E-state index in [1.54, 1.807) is 31.3 Å². The molecule has 1 aliphatic heterocycles. The first kappa shape index (κ1) is 16.4. The first-order valence-corrected chi connectivity index (χ1v) is 8.25. The highest BCUT2D eigenvalue weighted by Gasteiger charge is 2.33. The van der Waals surface area contributed by atoms with Crippen LogP contribution in [0.5, 0.6) is 0 Å². The molecule has 0 aliphatic carbocycles. The molecular weight excluding hydrogens is 310 g/mol. The van der Waals surface area contributed by atoms with E-state index < -0.39 is 22.4 Å². The number of hydrogen-bond acceptors (Lipinski definition) is 4. The zero-order valence-electron chi connectivity index (χ0n) is 12.1. The van der Waals surface area contributed by atoms with Crippen LogP contribution in [0.1, 0.15) is 12.8 Å². The average molecular weight is 329 g/mol. The third-order valence-corrected chi connectivity index (χ3v) is 4.73. The number of likely N-dealkylation sites (tertiary alicyclic amines) is 1. The Bertz CT molecular complexity index is 624. The summed E-state index contributed by atoms with van der Waals surface area (Å²) in [5.74, 6) is 0. The van der Waals surface area contributed by atoms with Gasteiger partial charge in [0, 0.05) is 25.8 Å². The normalized spacial score (nSPS) is 16.4. The van der Waals surface area contributed by atoms with Crippen LogP contribution in [0.3, 0.4) is 0 Å². The number of carboxylic acid groups (broad SMARTS) is 1. The predicted octanol–water partition coefficient (Wildman–Crippen LogP) is 1.48. The molecule has 3 N–H and O–H groups in total.